The van der Waals surface area contributed by atoms with Crippen molar-refractivity contribution in [3.05, 3.63) is 46.8 Å². The number of allylic oxidation sites excluding steroid dienone is 8. The molecule has 2 bridgehead atoms. The van der Waals surface area contributed by atoms with E-state index in [0.717, 1.165) is 0 Å². The minimum Gasteiger partial charge on any atom is -0.0800 e. The van der Waals surface area contributed by atoms with Crippen molar-refractivity contribution < 1.29 is 0 Å². The van der Waals surface area contributed by atoms with E-state index in [2.05, 4.69) is 88.8 Å². The van der Waals surface area contributed by atoms with E-state index in [1.807, 2.05) is 10.4 Å². The van der Waals surface area contributed by atoms with Gasteiger partial charge in [0.15, 0.2) is 0 Å². The van der Waals surface area contributed by atoms with Crippen molar-refractivity contribution >= 4 is 31.3 Å². The molecule has 0 N–H and O–H groups in total. The standard InChI is InChI=1S/C18H30Si4/c1-19(2)15-11-9-14-18(15)20(3,4)16-12-10-13-17(16,19)21(5,6)22(18,7)8/h9-14H,1-8H3. The molecule has 3 saturated heterocycles. The third-order valence-electron chi connectivity index (χ3n) is 8.92. The monoisotopic (exact) mass is 358 g/mol. The van der Waals surface area contributed by atoms with Crippen LogP contribution in [0.5, 0.6) is 0 Å². The normalized spacial score (nSPS) is 43.6. The van der Waals surface area contributed by atoms with Crippen molar-refractivity contribution in [2.24, 2.45) is 0 Å². The minimum atomic E-state index is -1.50. The molecule has 118 valence electrons. The van der Waals surface area contributed by atoms with Crippen molar-refractivity contribution in [1.29, 1.82) is 0 Å². The van der Waals surface area contributed by atoms with E-state index in [9.17, 15) is 0 Å². The molecule has 4 heteroatoms. The Morgan fingerprint density at radius 3 is 1.23 bits per heavy atom. The zero-order chi connectivity index (χ0) is 16.4. The summed E-state index contributed by atoms with van der Waals surface area (Å²) in [5, 5.41) is 3.90. The fourth-order valence-corrected chi connectivity index (χ4v) is 58.7. The summed E-state index contributed by atoms with van der Waals surface area (Å²) in [6.45, 7) is 21.9. The van der Waals surface area contributed by atoms with E-state index in [1.165, 1.54) is 0 Å². The molecule has 0 radical (unpaired) electrons. The van der Waals surface area contributed by atoms with Crippen molar-refractivity contribution in [3.63, 3.8) is 0 Å². The van der Waals surface area contributed by atoms with Crippen LogP contribution in [0.3, 0.4) is 0 Å². The second-order valence-electron chi connectivity index (χ2n) is 9.99. The molecule has 2 spiro atoms. The van der Waals surface area contributed by atoms with Crippen LogP contribution in [0.1, 0.15) is 0 Å². The first-order valence-corrected chi connectivity index (χ1v) is 21.7. The summed E-state index contributed by atoms with van der Waals surface area (Å²) in [6.07, 6.45) is 15.6. The van der Waals surface area contributed by atoms with E-state index in [-0.39, 0.29) is 0 Å². The van der Waals surface area contributed by atoms with Crippen LogP contribution < -0.4 is 0 Å². The van der Waals surface area contributed by atoms with Gasteiger partial charge in [0.1, 0.15) is 0 Å². The highest BCUT2D eigenvalue weighted by atomic mass is 29.3. The Balaban J connectivity index is 2.24. The maximum absolute atomic E-state index is 2.77. The average molecular weight is 359 g/mol. The summed E-state index contributed by atoms with van der Waals surface area (Å²) < 4.78 is 1.04. The molecule has 2 aliphatic carbocycles. The lowest BCUT2D eigenvalue weighted by molar-refractivity contribution is 0.914. The molecule has 22 heavy (non-hydrogen) atoms. The summed E-state index contributed by atoms with van der Waals surface area (Å²) in [4.78, 5) is 0. The van der Waals surface area contributed by atoms with Gasteiger partial charge in [-0.15, -0.1) is 0 Å². The highest BCUT2D eigenvalue weighted by molar-refractivity contribution is 7.53. The Morgan fingerprint density at radius 1 is 0.591 bits per heavy atom. The van der Waals surface area contributed by atoms with Crippen LogP contribution in [-0.2, 0) is 0 Å². The van der Waals surface area contributed by atoms with Crippen LogP contribution in [0.2, 0.25) is 61.7 Å². The summed E-state index contributed by atoms with van der Waals surface area (Å²) in [5.74, 6) is 0. The van der Waals surface area contributed by atoms with Crippen LogP contribution >= 0.6 is 0 Å². The molecule has 0 aromatic carbocycles. The van der Waals surface area contributed by atoms with Gasteiger partial charge in [-0.25, -0.2) is 0 Å². The molecule has 0 aromatic heterocycles. The molecule has 5 rings (SSSR count). The quantitative estimate of drug-likeness (QED) is 0.498. The molecule has 2 atom stereocenters. The minimum absolute atomic E-state index is 0.519. The topological polar surface area (TPSA) is 0 Å². The van der Waals surface area contributed by atoms with Gasteiger partial charge in [-0.2, -0.15) is 0 Å². The number of hydrogen-bond acceptors (Lipinski definition) is 0. The highest BCUT2D eigenvalue weighted by Gasteiger charge is 2.84. The van der Waals surface area contributed by atoms with E-state index in [0.29, 0.717) is 9.32 Å². The van der Waals surface area contributed by atoms with Crippen molar-refractivity contribution in [3.8, 4) is 0 Å². The molecule has 3 aliphatic heterocycles. The third-order valence-corrected chi connectivity index (χ3v) is 47.2. The van der Waals surface area contributed by atoms with E-state index < -0.39 is 31.3 Å². The predicted octanol–water partition coefficient (Wildman–Crippen LogP) is 5.56. The maximum Gasteiger partial charge on any atom is 0.0865 e. The number of rotatable bonds is 0. The van der Waals surface area contributed by atoms with Crippen molar-refractivity contribution in [1.82, 2.24) is 0 Å². The lowest BCUT2D eigenvalue weighted by atomic mass is 10.4. The zero-order valence-electron chi connectivity index (χ0n) is 15.5. The predicted molar refractivity (Wildman–Crippen MR) is 110 cm³/mol. The van der Waals surface area contributed by atoms with E-state index in [1.54, 1.807) is 0 Å². The molecule has 0 amide bonds. The van der Waals surface area contributed by atoms with Gasteiger partial charge in [0.25, 0.3) is 0 Å². The molecule has 2 unspecified atom stereocenters. The molecule has 5 aliphatic rings. The fourth-order valence-electron chi connectivity index (χ4n) is 7.58. The van der Waals surface area contributed by atoms with Gasteiger partial charge < -0.3 is 0 Å². The first-order valence-electron chi connectivity index (χ1n) is 8.74. The molecule has 0 saturated carbocycles. The van der Waals surface area contributed by atoms with Gasteiger partial charge in [-0.05, 0) is 9.32 Å². The third kappa shape index (κ3) is 1.02. The smallest absolute Gasteiger partial charge is 0.0800 e. The number of fused-ring (bicyclic) bond motifs is 1. The van der Waals surface area contributed by atoms with Crippen LogP contribution in [0.15, 0.2) is 46.8 Å². The van der Waals surface area contributed by atoms with Gasteiger partial charge >= 0.3 is 0 Å². The second-order valence-corrected chi connectivity index (χ2v) is 35.7. The first kappa shape index (κ1) is 15.4. The lowest BCUT2D eigenvalue weighted by Crippen LogP contribution is -2.87. The summed E-state index contributed by atoms with van der Waals surface area (Å²) >= 11 is 0. The lowest BCUT2D eigenvalue weighted by Gasteiger charge is -2.79. The number of hydrogen-bond donors (Lipinski definition) is 0. The van der Waals surface area contributed by atoms with Crippen LogP contribution in [0, 0.1) is 0 Å². The largest absolute Gasteiger partial charge is 0.0865 e. The van der Waals surface area contributed by atoms with E-state index in [4.69, 9.17) is 0 Å². The second kappa shape index (κ2) is 3.58. The Labute approximate surface area is 139 Å². The van der Waals surface area contributed by atoms with E-state index >= 15 is 0 Å². The van der Waals surface area contributed by atoms with Crippen LogP contribution in [0.25, 0.3) is 0 Å². The van der Waals surface area contributed by atoms with Gasteiger partial charge in [-0.3, -0.25) is 0 Å². The molecular weight excluding hydrogens is 329 g/mol. The van der Waals surface area contributed by atoms with Gasteiger partial charge in [0, 0.05) is 0 Å². The zero-order valence-corrected chi connectivity index (χ0v) is 19.5. The van der Waals surface area contributed by atoms with Gasteiger partial charge in [0.2, 0.25) is 0 Å². The SMILES string of the molecule is C[Si]1(C)C2=CC=CC23[Si](C)(C)C2=CC=CC21[Si](C)(C)[Si]3(C)C. The molecular formula is C18H30Si4. The summed E-state index contributed by atoms with van der Waals surface area (Å²) in [6, 6.07) is 0. The van der Waals surface area contributed by atoms with Gasteiger partial charge in [0.05, 0.1) is 31.3 Å². The Morgan fingerprint density at radius 2 is 0.909 bits per heavy atom. The first-order chi connectivity index (χ1) is 9.93. The van der Waals surface area contributed by atoms with Crippen molar-refractivity contribution in [2.75, 3.05) is 0 Å². The highest BCUT2D eigenvalue weighted by Crippen LogP contribution is 2.81. The fraction of sp³-hybridized carbons (Fsp3) is 0.556. The molecule has 3 heterocycles. The Kier molecular flexibility index (Phi) is 2.50. The molecule has 0 aromatic rings. The maximum atomic E-state index is 2.77. The summed E-state index contributed by atoms with van der Waals surface area (Å²) in [5.41, 5.74) is 0. The van der Waals surface area contributed by atoms with Crippen molar-refractivity contribution in [2.45, 2.75) is 61.7 Å². The average Bonchev–Trinajstić information content (AvgIpc) is 3.02. The molecule has 0 nitrogen and oxygen atoms in total. The Hall–Kier alpha value is -0.172. The van der Waals surface area contributed by atoms with Crippen LogP contribution in [-0.4, -0.2) is 31.3 Å². The summed E-state index contributed by atoms with van der Waals surface area (Å²) in [7, 11) is -5.76. The Bertz CT molecular complexity index is 655. The molecule has 3 fully saturated rings. The van der Waals surface area contributed by atoms with Gasteiger partial charge in [-0.1, -0.05) is 99.2 Å². The van der Waals surface area contributed by atoms with Crippen LogP contribution in [0.4, 0.5) is 0 Å².